The van der Waals surface area contributed by atoms with Crippen LogP contribution in [-0.2, 0) is 0 Å². The summed E-state index contributed by atoms with van der Waals surface area (Å²) in [6.45, 7) is 3.02. The van der Waals surface area contributed by atoms with E-state index in [1.807, 2.05) is 6.07 Å². The van der Waals surface area contributed by atoms with Gasteiger partial charge in [0.25, 0.3) is 0 Å². The lowest BCUT2D eigenvalue weighted by Crippen LogP contribution is -2.12. The zero-order valence-electron chi connectivity index (χ0n) is 9.93. The maximum Gasteiger partial charge on any atom is 0.0116 e. The summed E-state index contributed by atoms with van der Waals surface area (Å²) in [5.74, 6) is 0.686. The van der Waals surface area contributed by atoms with E-state index in [0.29, 0.717) is 5.92 Å². The Bertz CT molecular complexity index is 291. The number of nitrogens with two attached hydrogens (primary N) is 1. The quantitative estimate of drug-likeness (QED) is 0.721. The second-order valence-corrected chi connectivity index (χ2v) is 4.87. The highest BCUT2D eigenvalue weighted by atomic mass is 32.2. The second kappa shape index (κ2) is 8.43. The molecule has 16 heavy (non-hydrogen) atoms. The highest BCUT2D eigenvalue weighted by Crippen LogP contribution is 2.19. The molecular weight excluding hydrogens is 214 g/mol. The summed E-state index contributed by atoms with van der Waals surface area (Å²) in [5, 5.41) is 2.18. The Morgan fingerprint density at radius 1 is 1.31 bits per heavy atom. The fourth-order valence-corrected chi connectivity index (χ4v) is 2.22. The van der Waals surface area contributed by atoms with Crippen LogP contribution in [0.5, 0.6) is 0 Å². The Morgan fingerprint density at radius 3 is 2.69 bits per heavy atom. The first-order chi connectivity index (χ1) is 7.86. The number of thioether (sulfide) groups is 1. The standard InChI is InChI=1S/C14H21NS/c1-2-13(12-15)8-6-7-11-16-14-9-4-3-5-10-14/h3-5,7,9-11,13H,2,6,8,12,15H2,1H3/b11-7+. The summed E-state index contributed by atoms with van der Waals surface area (Å²) in [6.07, 6.45) is 5.78. The van der Waals surface area contributed by atoms with Crippen molar-refractivity contribution in [2.75, 3.05) is 6.54 Å². The molecule has 0 bridgehead atoms. The van der Waals surface area contributed by atoms with Crippen LogP contribution in [-0.4, -0.2) is 6.54 Å². The predicted molar refractivity (Wildman–Crippen MR) is 73.5 cm³/mol. The van der Waals surface area contributed by atoms with Crippen LogP contribution in [0.3, 0.4) is 0 Å². The zero-order chi connectivity index (χ0) is 11.6. The van der Waals surface area contributed by atoms with Crippen LogP contribution in [0.4, 0.5) is 0 Å². The summed E-state index contributed by atoms with van der Waals surface area (Å²) in [7, 11) is 0. The van der Waals surface area contributed by atoms with Crippen molar-refractivity contribution in [3.63, 3.8) is 0 Å². The van der Waals surface area contributed by atoms with Gasteiger partial charge in [0.2, 0.25) is 0 Å². The van der Waals surface area contributed by atoms with E-state index in [9.17, 15) is 0 Å². The SMILES string of the molecule is CCC(CN)CC/C=C/Sc1ccccc1. The molecule has 0 fully saturated rings. The minimum atomic E-state index is 0.686. The zero-order valence-corrected chi connectivity index (χ0v) is 10.7. The van der Waals surface area contributed by atoms with Gasteiger partial charge in [-0.25, -0.2) is 0 Å². The lowest BCUT2D eigenvalue weighted by molar-refractivity contribution is 0.486. The molecule has 1 nitrogen and oxygen atoms in total. The Balaban J connectivity index is 2.18. The van der Waals surface area contributed by atoms with Gasteiger partial charge in [-0.2, -0.15) is 0 Å². The van der Waals surface area contributed by atoms with Crippen LogP contribution in [0.2, 0.25) is 0 Å². The molecule has 1 aromatic carbocycles. The smallest absolute Gasteiger partial charge is 0.0116 e. The third-order valence-corrected chi connectivity index (χ3v) is 3.57. The van der Waals surface area contributed by atoms with E-state index in [1.54, 1.807) is 11.8 Å². The molecule has 1 aromatic rings. The first-order valence-corrected chi connectivity index (χ1v) is 6.81. The van der Waals surface area contributed by atoms with Crippen LogP contribution >= 0.6 is 11.8 Å². The molecule has 0 heterocycles. The molecule has 0 aromatic heterocycles. The third-order valence-electron chi connectivity index (χ3n) is 2.70. The van der Waals surface area contributed by atoms with Gasteiger partial charge in [-0.1, -0.05) is 49.4 Å². The minimum absolute atomic E-state index is 0.686. The molecule has 0 aliphatic rings. The third kappa shape index (κ3) is 5.38. The van der Waals surface area contributed by atoms with Crippen molar-refractivity contribution < 1.29 is 0 Å². The molecule has 0 aliphatic heterocycles. The molecule has 2 heteroatoms. The van der Waals surface area contributed by atoms with Crippen LogP contribution in [0, 0.1) is 5.92 Å². The van der Waals surface area contributed by atoms with Crippen LogP contribution in [0.25, 0.3) is 0 Å². The molecule has 0 aliphatic carbocycles. The average Bonchev–Trinajstić information content (AvgIpc) is 2.35. The summed E-state index contributed by atoms with van der Waals surface area (Å²) < 4.78 is 0. The van der Waals surface area contributed by atoms with Gasteiger partial charge in [0.15, 0.2) is 0 Å². The van der Waals surface area contributed by atoms with Gasteiger partial charge in [-0.15, -0.1) is 0 Å². The number of benzene rings is 1. The van der Waals surface area contributed by atoms with E-state index in [1.165, 1.54) is 17.7 Å². The Morgan fingerprint density at radius 2 is 2.06 bits per heavy atom. The molecule has 0 amide bonds. The Labute approximate surface area is 103 Å². The molecule has 1 rings (SSSR count). The monoisotopic (exact) mass is 235 g/mol. The first-order valence-electron chi connectivity index (χ1n) is 5.93. The molecule has 1 unspecified atom stereocenters. The van der Waals surface area contributed by atoms with E-state index in [2.05, 4.69) is 42.7 Å². The number of rotatable bonds is 7. The lowest BCUT2D eigenvalue weighted by Gasteiger charge is -2.09. The summed E-state index contributed by atoms with van der Waals surface area (Å²) in [4.78, 5) is 1.30. The van der Waals surface area contributed by atoms with Crippen LogP contribution in [0.15, 0.2) is 46.7 Å². The van der Waals surface area contributed by atoms with Crippen molar-refractivity contribution in [2.45, 2.75) is 31.1 Å². The molecule has 0 radical (unpaired) electrons. The number of hydrogen-bond donors (Lipinski definition) is 1. The number of allylic oxidation sites excluding steroid dienone is 1. The van der Waals surface area contributed by atoms with Crippen molar-refractivity contribution in [3.05, 3.63) is 41.8 Å². The normalized spacial score (nSPS) is 13.1. The lowest BCUT2D eigenvalue weighted by atomic mass is 10.0. The molecule has 2 N–H and O–H groups in total. The summed E-state index contributed by atoms with van der Waals surface area (Å²) >= 11 is 1.78. The fourth-order valence-electron chi connectivity index (χ4n) is 1.51. The van der Waals surface area contributed by atoms with Crippen molar-refractivity contribution >= 4 is 11.8 Å². The highest BCUT2D eigenvalue weighted by Gasteiger charge is 2.00. The van der Waals surface area contributed by atoms with Gasteiger partial charge in [0.1, 0.15) is 0 Å². The molecule has 0 spiro atoms. The molecule has 1 atom stereocenters. The van der Waals surface area contributed by atoms with E-state index >= 15 is 0 Å². The van der Waals surface area contributed by atoms with E-state index < -0.39 is 0 Å². The minimum Gasteiger partial charge on any atom is -0.330 e. The summed E-state index contributed by atoms with van der Waals surface area (Å²) in [6, 6.07) is 10.4. The Kier molecular flexibility index (Phi) is 7.02. The largest absolute Gasteiger partial charge is 0.330 e. The molecule has 0 saturated heterocycles. The van der Waals surface area contributed by atoms with Crippen LogP contribution < -0.4 is 5.73 Å². The van der Waals surface area contributed by atoms with E-state index in [4.69, 9.17) is 5.73 Å². The molecular formula is C14H21NS. The van der Waals surface area contributed by atoms with Gasteiger partial charge < -0.3 is 5.73 Å². The van der Waals surface area contributed by atoms with Crippen molar-refractivity contribution in [1.82, 2.24) is 0 Å². The molecule has 0 saturated carbocycles. The maximum atomic E-state index is 5.66. The van der Waals surface area contributed by atoms with Gasteiger partial charge in [-0.3, -0.25) is 0 Å². The fraction of sp³-hybridized carbons (Fsp3) is 0.429. The number of hydrogen-bond acceptors (Lipinski definition) is 2. The van der Waals surface area contributed by atoms with Gasteiger partial charge in [0, 0.05) is 4.90 Å². The molecule has 88 valence electrons. The van der Waals surface area contributed by atoms with Gasteiger partial charge in [-0.05, 0) is 42.8 Å². The van der Waals surface area contributed by atoms with Crippen LogP contribution in [0.1, 0.15) is 26.2 Å². The van der Waals surface area contributed by atoms with E-state index in [0.717, 1.165) is 13.0 Å². The summed E-state index contributed by atoms with van der Waals surface area (Å²) in [5.41, 5.74) is 5.66. The first kappa shape index (κ1) is 13.3. The average molecular weight is 235 g/mol. The topological polar surface area (TPSA) is 26.0 Å². The predicted octanol–water partition coefficient (Wildman–Crippen LogP) is 4.06. The van der Waals surface area contributed by atoms with Crippen molar-refractivity contribution in [1.29, 1.82) is 0 Å². The Hall–Kier alpha value is -0.730. The second-order valence-electron chi connectivity index (χ2n) is 3.89. The highest BCUT2D eigenvalue weighted by molar-refractivity contribution is 8.02. The van der Waals surface area contributed by atoms with Gasteiger partial charge in [0.05, 0.1) is 0 Å². The van der Waals surface area contributed by atoms with Gasteiger partial charge >= 0.3 is 0 Å². The van der Waals surface area contributed by atoms with Crippen molar-refractivity contribution in [2.24, 2.45) is 11.7 Å². The maximum absolute atomic E-state index is 5.66. The van der Waals surface area contributed by atoms with E-state index in [-0.39, 0.29) is 0 Å². The van der Waals surface area contributed by atoms with Crippen molar-refractivity contribution in [3.8, 4) is 0 Å².